The highest BCUT2D eigenvalue weighted by Crippen LogP contribution is 2.40. The zero-order valence-corrected chi connectivity index (χ0v) is 18.2. The number of nitrogens with zero attached hydrogens (tertiary/aromatic N) is 5. The van der Waals surface area contributed by atoms with E-state index in [1.165, 1.54) is 0 Å². The third kappa shape index (κ3) is 4.36. The van der Waals surface area contributed by atoms with Crippen LogP contribution in [0.1, 0.15) is 53.4 Å². The molecule has 8 heteroatoms. The molecule has 1 amide bonds. The van der Waals surface area contributed by atoms with Crippen molar-refractivity contribution in [1.29, 1.82) is 0 Å². The summed E-state index contributed by atoms with van der Waals surface area (Å²) in [5.41, 5.74) is 4.41. The first-order valence-corrected chi connectivity index (χ1v) is 10.3. The van der Waals surface area contributed by atoms with Crippen LogP contribution >= 0.6 is 0 Å². The van der Waals surface area contributed by atoms with Crippen LogP contribution in [0.3, 0.4) is 0 Å². The Morgan fingerprint density at radius 1 is 1.24 bits per heavy atom. The second-order valence-electron chi connectivity index (χ2n) is 7.80. The van der Waals surface area contributed by atoms with Crippen LogP contribution in [-0.2, 0) is 29.7 Å². The van der Waals surface area contributed by atoms with E-state index in [9.17, 15) is 9.59 Å². The number of carbonyl (C=O) groups is 2. The van der Waals surface area contributed by atoms with Crippen molar-refractivity contribution in [3.05, 3.63) is 34.4 Å². The van der Waals surface area contributed by atoms with Crippen molar-refractivity contribution in [3.8, 4) is 0 Å². The van der Waals surface area contributed by atoms with Crippen molar-refractivity contribution in [2.75, 3.05) is 13.2 Å². The van der Waals surface area contributed by atoms with Gasteiger partial charge in [-0.15, -0.1) is 0 Å². The van der Waals surface area contributed by atoms with Crippen LogP contribution in [0.5, 0.6) is 0 Å². The van der Waals surface area contributed by atoms with Crippen molar-refractivity contribution < 1.29 is 14.3 Å². The Kier molecular flexibility index (Phi) is 6.10. The van der Waals surface area contributed by atoms with Gasteiger partial charge in [0.05, 0.1) is 23.9 Å². The lowest BCUT2D eigenvalue weighted by Crippen LogP contribution is -2.35. The molecule has 29 heavy (non-hydrogen) atoms. The lowest BCUT2D eigenvalue weighted by Gasteiger charge is -2.23. The van der Waals surface area contributed by atoms with E-state index in [0.717, 1.165) is 29.1 Å². The van der Waals surface area contributed by atoms with Crippen molar-refractivity contribution >= 4 is 11.9 Å². The molecule has 0 aromatic carbocycles. The molecule has 1 aliphatic carbocycles. The summed E-state index contributed by atoms with van der Waals surface area (Å²) in [6, 6.07) is 1.83. The number of hydrogen-bond acceptors (Lipinski definition) is 5. The van der Waals surface area contributed by atoms with E-state index in [1.54, 1.807) is 4.68 Å². The summed E-state index contributed by atoms with van der Waals surface area (Å²) in [7, 11) is 1.91. The molecule has 2 heterocycles. The van der Waals surface area contributed by atoms with E-state index >= 15 is 0 Å². The van der Waals surface area contributed by atoms with Gasteiger partial charge in [-0.1, -0.05) is 0 Å². The highest BCUT2D eigenvalue weighted by atomic mass is 16.5. The van der Waals surface area contributed by atoms with Gasteiger partial charge in [-0.3, -0.25) is 19.0 Å². The molecule has 0 saturated heterocycles. The molecular weight excluding hydrogens is 370 g/mol. The normalized spacial score (nSPS) is 18.0. The van der Waals surface area contributed by atoms with Gasteiger partial charge in [0, 0.05) is 37.9 Å². The van der Waals surface area contributed by atoms with Gasteiger partial charge in [0.25, 0.3) is 5.91 Å². The Balaban J connectivity index is 1.85. The van der Waals surface area contributed by atoms with Crippen molar-refractivity contribution in [1.82, 2.24) is 24.5 Å². The Morgan fingerprint density at radius 2 is 1.97 bits per heavy atom. The maximum atomic E-state index is 13.5. The minimum atomic E-state index is -0.159. The van der Waals surface area contributed by atoms with E-state index in [0.29, 0.717) is 31.9 Å². The molecule has 2 aromatic heterocycles. The van der Waals surface area contributed by atoms with Crippen LogP contribution in [0.4, 0.5) is 0 Å². The summed E-state index contributed by atoms with van der Waals surface area (Å²) in [5, 5.41) is 8.90. The molecule has 1 saturated carbocycles. The molecule has 3 rings (SSSR count). The number of amides is 1. The summed E-state index contributed by atoms with van der Waals surface area (Å²) in [4.78, 5) is 27.4. The van der Waals surface area contributed by atoms with E-state index in [2.05, 4.69) is 10.2 Å². The molecule has 0 radical (unpaired) electrons. The van der Waals surface area contributed by atoms with Gasteiger partial charge in [0.15, 0.2) is 0 Å². The van der Waals surface area contributed by atoms with E-state index < -0.39 is 0 Å². The highest BCUT2D eigenvalue weighted by Gasteiger charge is 2.45. The summed E-state index contributed by atoms with van der Waals surface area (Å²) in [5.74, 6) is -0.203. The molecule has 0 N–H and O–H groups in total. The van der Waals surface area contributed by atoms with Gasteiger partial charge in [0.2, 0.25) is 0 Å². The maximum Gasteiger partial charge on any atom is 0.309 e. The lowest BCUT2D eigenvalue weighted by molar-refractivity contribution is -0.145. The van der Waals surface area contributed by atoms with Gasteiger partial charge >= 0.3 is 5.97 Å². The maximum absolute atomic E-state index is 13.5. The van der Waals surface area contributed by atoms with Crippen LogP contribution in [0.25, 0.3) is 0 Å². The Labute approximate surface area is 171 Å². The van der Waals surface area contributed by atoms with Gasteiger partial charge in [-0.05, 0) is 53.0 Å². The third-order valence-electron chi connectivity index (χ3n) is 5.68. The second kappa shape index (κ2) is 8.39. The molecule has 2 atom stereocenters. The van der Waals surface area contributed by atoms with Crippen LogP contribution < -0.4 is 0 Å². The molecule has 2 aromatic rings. The number of hydrogen-bond donors (Lipinski definition) is 0. The van der Waals surface area contributed by atoms with Gasteiger partial charge < -0.3 is 9.64 Å². The zero-order valence-electron chi connectivity index (χ0n) is 18.2. The molecule has 8 nitrogen and oxygen atoms in total. The quantitative estimate of drug-likeness (QED) is 0.635. The average molecular weight is 402 g/mol. The Bertz CT molecular complexity index is 914. The predicted molar refractivity (Wildman–Crippen MR) is 108 cm³/mol. The molecule has 1 aliphatic rings. The fraction of sp³-hybridized carbons (Fsp3) is 0.619. The standard InChI is InChI=1S/C21H31N5O3/c1-7-26-19(9-13(3)22-26)20(27)25(11-16-10-17(16)21(28)29-8-2)12-18-14(4)23-24(6)15(18)5/h9,16-17H,7-8,10-12H2,1-6H3/t16-,17-/m1/s1. The van der Waals surface area contributed by atoms with Gasteiger partial charge in [-0.25, -0.2) is 0 Å². The topological polar surface area (TPSA) is 82.2 Å². The highest BCUT2D eigenvalue weighted by molar-refractivity contribution is 5.93. The van der Waals surface area contributed by atoms with Crippen molar-refractivity contribution in [2.45, 2.75) is 54.1 Å². The first-order chi connectivity index (χ1) is 13.8. The summed E-state index contributed by atoms with van der Waals surface area (Å²) < 4.78 is 8.73. The number of rotatable bonds is 8. The van der Waals surface area contributed by atoms with Crippen LogP contribution in [0.15, 0.2) is 6.07 Å². The monoisotopic (exact) mass is 401 g/mol. The number of aromatic nitrogens is 4. The molecule has 0 bridgehead atoms. The van der Waals surface area contributed by atoms with E-state index in [4.69, 9.17) is 4.74 Å². The summed E-state index contributed by atoms with van der Waals surface area (Å²) >= 11 is 0. The first-order valence-electron chi connectivity index (χ1n) is 10.3. The van der Waals surface area contributed by atoms with Crippen LogP contribution in [-0.4, -0.2) is 49.5 Å². The number of ether oxygens (including phenoxy) is 1. The largest absolute Gasteiger partial charge is 0.466 e. The minimum absolute atomic E-state index is 0.0652. The third-order valence-corrected chi connectivity index (χ3v) is 5.68. The van der Waals surface area contributed by atoms with Crippen molar-refractivity contribution in [2.24, 2.45) is 18.9 Å². The molecule has 0 unspecified atom stereocenters. The fourth-order valence-electron chi connectivity index (χ4n) is 3.85. The van der Waals surface area contributed by atoms with Crippen LogP contribution in [0.2, 0.25) is 0 Å². The second-order valence-corrected chi connectivity index (χ2v) is 7.80. The van der Waals surface area contributed by atoms with E-state index in [-0.39, 0.29) is 23.7 Å². The SMILES string of the molecule is CCOC(=O)[C@@H]1C[C@@H]1CN(Cc1c(C)nn(C)c1C)C(=O)c1cc(C)nn1CC. The molecule has 158 valence electrons. The van der Waals surface area contributed by atoms with Gasteiger partial charge in [0.1, 0.15) is 5.69 Å². The minimum Gasteiger partial charge on any atom is -0.466 e. The molecule has 1 fully saturated rings. The molecule has 0 aliphatic heterocycles. The zero-order chi connectivity index (χ0) is 21.3. The van der Waals surface area contributed by atoms with Crippen LogP contribution in [0, 0.1) is 32.6 Å². The summed E-state index contributed by atoms with van der Waals surface area (Å²) in [6.45, 7) is 11.6. The lowest BCUT2D eigenvalue weighted by atomic mass is 10.1. The number of aryl methyl sites for hydroxylation is 4. The van der Waals surface area contributed by atoms with Crippen molar-refractivity contribution in [3.63, 3.8) is 0 Å². The number of carbonyl (C=O) groups excluding carboxylic acids is 2. The summed E-state index contributed by atoms with van der Waals surface area (Å²) in [6.07, 6.45) is 0.764. The Hall–Kier alpha value is -2.64. The number of esters is 1. The Morgan fingerprint density at radius 3 is 2.55 bits per heavy atom. The molecular formula is C21H31N5O3. The van der Waals surface area contributed by atoms with E-state index in [1.807, 2.05) is 57.3 Å². The molecule has 0 spiro atoms. The van der Waals surface area contributed by atoms with Gasteiger partial charge in [-0.2, -0.15) is 10.2 Å². The smallest absolute Gasteiger partial charge is 0.309 e. The first kappa shape index (κ1) is 21.1. The predicted octanol–water partition coefficient (Wildman–Crippen LogP) is 2.40. The average Bonchev–Trinajstić information content (AvgIpc) is 3.28. The fourth-order valence-corrected chi connectivity index (χ4v) is 3.85.